The molecule has 0 amide bonds. The monoisotopic (exact) mass is 496 g/mol. The van der Waals surface area contributed by atoms with E-state index in [9.17, 15) is 30.6 Å². The molecule has 13 N–H and O–H groups in total. The fourth-order valence-electron chi connectivity index (χ4n) is 4.95. The normalized spacial score (nSPS) is 53.5. The van der Waals surface area contributed by atoms with E-state index < -0.39 is 91.2 Å². The van der Waals surface area contributed by atoms with Gasteiger partial charge in [-0.2, -0.15) is 0 Å². The lowest BCUT2D eigenvalue weighted by Crippen LogP contribution is -2.69. The number of aliphatic hydroxyl groups excluding tert-OH is 5. The zero-order valence-corrected chi connectivity index (χ0v) is 19.5. The molecule has 1 saturated carbocycles. The molecule has 0 aromatic carbocycles. The summed E-state index contributed by atoms with van der Waals surface area (Å²) in [6, 6.07) is -3.47. The molecule has 0 radical (unpaired) electrons. The maximum Gasteiger partial charge on any atom is 0.185 e. The maximum absolute atomic E-state index is 11.1. The van der Waals surface area contributed by atoms with E-state index in [1.165, 1.54) is 13.8 Å². The summed E-state index contributed by atoms with van der Waals surface area (Å²) in [4.78, 5) is 0. The zero-order valence-electron chi connectivity index (χ0n) is 19.5. The number of hydrogen-bond acceptors (Lipinski definition) is 14. The Kier molecular flexibility index (Phi) is 8.92. The van der Waals surface area contributed by atoms with E-state index >= 15 is 0 Å². The number of likely N-dealkylation sites (N-methyl/N-ethyl adjacent to an activating group) is 1. The van der Waals surface area contributed by atoms with Gasteiger partial charge in [-0.05, 0) is 27.3 Å². The topological polar surface area (TPSA) is 248 Å². The third kappa shape index (κ3) is 5.40. The van der Waals surface area contributed by atoms with Gasteiger partial charge in [0, 0.05) is 12.1 Å². The van der Waals surface area contributed by atoms with Gasteiger partial charge in [-0.1, -0.05) is 0 Å². The first-order chi connectivity index (χ1) is 15.8. The van der Waals surface area contributed by atoms with Crippen LogP contribution in [-0.2, 0) is 18.9 Å². The van der Waals surface area contributed by atoms with Gasteiger partial charge in [-0.15, -0.1) is 0 Å². The van der Waals surface area contributed by atoms with Crippen LogP contribution in [-0.4, -0.2) is 135 Å². The summed E-state index contributed by atoms with van der Waals surface area (Å²) in [7, 11) is 1.58. The first-order valence-electron chi connectivity index (χ1n) is 11.4. The lowest BCUT2D eigenvalue weighted by atomic mass is 9.84. The second-order valence-electron chi connectivity index (χ2n) is 9.82. The maximum atomic E-state index is 11.1. The molecule has 14 nitrogen and oxygen atoms in total. The fourth-order valence-corrected chi connectivity index (χ4v) is 4.95. The molecular formula is C20H40N4O10. The minimum Gasteiger partial charge on any atom is -0.391 e. The van der Waals surface area contributed by atoms with E-state index in [4.69, 9.17) is 36.1 Å². The summed E-state index contributed by atoms with van der Waals surface area (Å²) in [5, 5.41) is 65.2. The van der Waals surface area contributed by atoms with Crippen LogP contribution in [0.5, 0.6) is 0 Å². The Morgan fingerprint density at radius 3 is 2.03 bits per heavy atom. The van der Waals surface area contributed by atoms with Gasteiger partial charge in [-0.25, -0.2) is 0 Å². The van der Waals surface area contributed by atoms with Crippen LogP contribution in [0.2, 0.25) is 0 Å². The van der Waals surface area contributed by atoms with Gasteiger partial charge < -0.3 is 72.1 Å². The van der Waals surface area contributed by atoms with Crippen molar-refractivity contribution in [3.8, 4) is 0 Å². The van der Waals surface area contributed by atoms with Crippen molar-refractivity contribution < 1.29 is 49.6 Å². The minimum absolute atomic E-state index is 0.135. The predicted octanol–water partition coefficient (Wildman–Crippen LogP) is -5.61. The van der Waals surface area contributed by atoms with E-state index in [0.29, 0.717) is 0 Å². The van der Waals surface area contributed by atoms with E-state index in [-0.39, 0.29) is 13.0 Å². The predicted molar refractivity (Wildman–Crippen MR) is 116 cm³/mol. The van der Waals surface area contributed by atoms with Crippen molar-refractivity contribution in [2.24, 2.45) is 17.2 Å². The number of rotatable bonds is 6. The highest BCUT2D eigenvalue weighted by Crippen LogP contribution is 2.32. The second-order valence-corrected chi connectivity index (χ2v) is 9.82. The average Bonchev–Trinajstić information content (AvgIpc) is 2.75. The van der Waals surface area contributed by atoms with Crippen molar-refractivity contribution >= 4 is 0 Å². The van der Waals surface area contributed by atoms with Crippen LogP contribution in [0.4, 0.5) is 0 Å². The molecular weight excluding hydrogens is 456 g/mol. The van der Waals surface area contributed by atoms with Crippen LogP contribution in [0.25, 0.3) is 0 Å². The SMILES string of the molecule is CN[C@H]1[C@H](O)[C@@H](O[C@H]2[C@H](O)[C@H](O[C@H]3O[C@H]([C@H](C)O)[C@@H](O)[C@H](O)[C@H]3N)[C@H](N)C[C@@H]2N)OC[C@@]1(C)O. The molecule has 14 heteroatoms. The molecule has 3 rings (SSSR count). The first kappa shape index (κ1) is 28.0. The van der Waals surface area contributed by atoms with Crippen LogP contribution in [0.1, 0.15) is 20.3 Å². The van der Waals surface area contributed by atoms with E-state index in [1.807, 2.05) is 0 Å². The lowest BCUT2D eigenvalue weighted by Gasteiger charge is -2.49. The summed E-state index contributed by atoms with van der Waals surface area (Å²) in [5.74, 6) is 0. The Morgan fingerprint density at radius 2 is 1.50 bits per heavy atom. The van der Waals surface area contributed by atoms with E-state index in [0.717, 1.165) is 0 Å². The van der Waals surface area contributed by atoms with E-state index in [1.54, 1.807) is 7.05 Å². The van der Waals surface area contributed by atoms with Gasteiger partial charge >= 0.3 is 0 Å². The third-order valence-electron chi connectivity index (χ3n) is 6.95. The van der Waals surface area contributed by atoms with Crippen molar-refractivity contribution in [2.75, 3.05) is 13.7 Å². The Labute approximate surface area is 197 Å². The third-order valence-corrected chi connectivity index (χ3v) is 6.95. The molecule has 0 spiro atoms. The molecule has 0 unspecified atom stereocenters. The summed E-state index contributed by atoms with van der Waals surface area (Å²) in [5.41, 5.74) is 17.0. The Hall–Kier alpha value is -0.560. The average molecular weight is 497 g/mol. The molecule has 0 aromatic heterocycles. The van der Waals surface area contributed by atoms with Crippen molar-refractivity contribution in [3.63, 3.8) is 0 Å². The molecule has 2 saturated heterocycles. The smallest absolute Gasteiger partial charge is 0.185 e. The molecule has 34 heavy (non-hydrogen) atoms. The Balaban J connectivity index is 1.73. The van der Waals surface area contributed by atoms with Crippen LogP contribution in [0.15, 0.2) is 0 Å². The second kappa shape index (κ2) is 10.8. The summed E-state index contributed by atoms with van der Waals surface area (Å²) in [6.07, 6.45) is -12.4. The minimum atomic E-state index is -1.46. The molecule has 2 heterocycles. The number of hydrogen-bond donors (Lipinski definition) is 10. The number of nitrogens with one attached hydrogen (secondary N) is 1. The van der Waals surface area contributed by atoms with Gasteiger partial charge in [0.1, 0.15) is 48.3 Å². The Bertz CT molecular complexity index is 675. The molecule has 3 fully saturated rings. The van der Waals surface area contributed by atoms with Crippen molar-refractivity contribution in [2.45, 2.75) is 111 Å². The molecule has 0 aromatic rings. The highest BCUT2D eigenvalue weighted by atomic mass is 16.7. The summed E-state index contributed by atoms with van der Waals surface area (Å²) in [6.45, 7) is 2.75. The van der Waals surface area contributed by atoms with Crippen molar-refractivity contribution in [3.05, 3.63) is 0 Å². The molecule has 0 bridgehead atoms. The summed E-state index contributed by atoms with van der Waals surface area (Å²) < 4.78 is 22.8. The molecule has 2 aliphatic heterocycles. The number of aliphatic hydroxyl groups is 6. The molecule has 3 aliphatic rings. The number of ether oxygens (including phenoxy) is 4. The first-order valence-corrected chi connectivity index (χ1v) is 11.4. The van der Waals surface area contributed by atoms with Gasteiger partial charge in [-0.3, -0.25) is 0 Å². The quantitative estimate of drug-likeness (QED) is 0.165. The van der Waals surface area contributed by atoms with Crippen LogP contribution >= 0.6 is 0 Å². The van der Waals surface area contributed by atoms with Gasteiger partial charge in [0.2, 0.25) is 0 Å². The van der Waals surface area contributed by atoms with Crippen LogP contribution in [0.3, 0.4) is 0 Å². The number of nitrogens with two attached hydrogens (primary N) is 3. The largest absolute Gasteiger partial charge is 0.391 e. The fraction of sp³-hybridized carbons (Fsp3) is 1.00. The zero-order chi connectivity index (χ0) is 25.5. The Morgan fingerprint density at radius 1 is 0.941 bits per heavy atom. The standard InChI is InChI=1S/C20H40N4O10/c1-6(25)14-11(27)10(26)9(23)18(32-14)33-15-7(21)4-8(22)16(12(15)28)34-19-13(29)17(24-3)20(2,30)5-31-19/h6-19,24-30H,4-5,21-23H2,1-3H3/t6-,7+,8-,9+,10+,11-,12+,13-,14+,15+,16+,17-,18+,19+,20+/m0/s1. The van der Waals surface area contributed by atoms with Gasteiger partial charge in [0.15, 0.2) is 12.6 Å². The van der Waals surface area contributed by atoms with Crippen LogP contribution < -0.4 is 22.5 Å². The summed E-state index contributed by atoms with van der Waals surface area (Å²) >= 11 is 0. The van der Waals surface area contributed by atoms with Crippen LogP contribution in [0, 0.1) is 0 Å². The highest BCUT2D eigenvalue weighted by molar-refractivity contribution is 5.02. The van der Waals surface area contributed by atoms with Gasteiger partial charge in [0.25, 0.3) is 0 Å². The van der Waals surface area contributed by atoms with Gasteiger partial charge in [0.05, 0.1) is 24.8 Å². The van der Waals surface area contributed by atoms with E-state index in [2.05, 4.69) is 5.32 Å². The molecule has 200 valence electrons. The highest BCUT2D eigenvalue weighted by Gasteiger charge is 2.52. The lowest BCUT2D eigenvalue weighted by molar-refractivity contribution is -0.319. The molecule has 1 aliphatic carbocycles. The molecule has 15 atom stereocenters. The van der Waals surface area contributed by atoms with Crippen molar-refractivity contribution in [1.82, 2.24) is 5.32 Å². The van der Waals surface area contributed by atoms with Crippen molar-refractivity contribution in [1.29, 1.82) is 0 Å².